The van der Waals surface area contributed by atoms with Crippen molar-refractivity contribution >= 4 is 29.4 Å². The van der Waals surface area contributed by atoms with Gasteiger partial charge < -0.3 is 10.6 Å². The number of rotatable bonds is 4. The molecule has 2 amide bonds. The average Bonchev–Trinajstić information content (AvgIpc) is 2.95. The third-order valence-corrected chi connectivity index (χ3v) is 5.08. The molecule has 0 spiro atoms. The summed E-state index contributed by atoms with van der Waals surface area (Å²) >= 11 is 1.33. The van der Waals surface area contributed by atoms with Crippen LogP contribution in [0.2, 0.25) is 0 Å². The number of aryl methyl sites for hydroxylation is 2. The Kier molecular flexibility index (Phi) is 4.70. The number of amides is 2. The fraction of sp³-hybridized carbons (Fsp3) is 0.533. The van der Waals surface area contributed by atoms with E-state index in [0.29, 0.717) is 24.0 Å². The number of fused-ring (bicyclic) bond motifs is 1. The number of aromatic nitrogens is 4. The smallest absolute Gasteiger partial charge is 0.256 e. The van der Waals surface area contributed by atoms with Gasteiger partial charge in [0.15, 0.2) is 5.16 Å². The summed E-state index contributed by atoms with van der Waals surface area (Å²) in [5.74, 6) is 0.200. The molecule has 1 atom stereocenters. The molecule has 3 heterocycles. The van der Waals surface area contributed by atoms with Crippen molar-refractivity contribution < 1.29 is 9.59 Å². The van der Waals surface area contributed by atoms with Crippen molar-refractivity contribution in [3.8, 4) is 0 Å². The van der Waals surface area contributed by atoms with Gasteiger partial charge in [0.1, 0.15) is 0 Å². The summed E-state index contributed by atoms with van der Waals surface area (Å²) in [6.07, 6.45) is 1.56. The second kappa shape index (κ2) is 6.76. The maximum Gasteiger partial charge on any atom is 0.256 e. The normalized spacial score (nSPS) is 18.1. The maximum absolute atomic E-state index is 12.4. The molecule has 0 bridgehead atoms. The summed E-state index contributed by atoms with van der Waals surface area (Å²) in [5, 5.41) is 8.83. The standard InChI is InChI=1S/C15H20N6O2S/c1-9-6-10(2)21-14(17-9)18-19-15(21)24-8-12(22)20-5-3-4-11(7-20)13(16)23/h6,11H,3-5,7-8H2,1-2H3,(H2,16,23)/t11-/m0/s1. The van der Waals surface area contributed by atoms with Gasteiger partial charge in [0, 0.05) is 24.5 Å². The van der Waals surface area contributed by atoms with Gasteiger partial charge in [-0.25, -0.2) is 4.98 Å². The minimum absolute atomic E-state index is 0.0135. The number of piperidine rings is 1. The van der Waals surface area contributed by atoms with Crippen LogP contribution in [0.15, 0.2) is 11.2 Å². The van der Waals surface area contributed by atoms with Crippen molar-refractivity contribution in [2.45, 2.75) is 31.8 Å². The van der Waals surface area contributed by atoms with E-state index < -0.39 is 0 Å². The third kappa shape index (κ3) is 3.35. The lowest BCUT2D eigenvalue weighted by Crippen LogP contribution is -2.44. The van der Waals surface area contributed by atoms with Gasteiger partial charge in [0.05, 0.1) is 11.7 Å². The van der Waals surface area contributed by atoms with Crippen LogP contribution >= 0.6 is 11.8 Å². The van der Waals surface area contributed by atoms with Crippen LogP contribution in [-0.2, 0) is 9.59 Å². The predicted octanol–water partition coefficient (Wildman–Crippen LogP) is 0.557. The Balaban J connectivity index is 1.67. The van der Waals surface area contributed by atoms with E-state index in [0.717, 1.165) is 24.2 Å². The average molecular weight is 348 g/mol. The Morgan fingerprint density at radius 3 is 2.92 bits per heavy atom. The first-order valence-corrected chi connectivity index (χ1v) is 8.83. The molecule has 0 aliphatic carbocycles. The summed E-state index contributed by atoms with van der Waals surface area (Å²) in [4.78, 5) is 29.8. The third-order valence-electron chi connectivity index (χ3n) is 4.16. The van der Waals surface area contributed by atoms with Crippen molar-refractivity contribution in [1.82, 2.24) is 24.5 Å². The molecular weight excluding hydrogens is 328 g/mol. The number of nitrogens with zero attached hydrogens (tertiary/aromatic N) is 5. The monoisotopic (exact) mass is 348 g/mol. The zero-order valence-electron chi connectivity index (χ0n) is 13.7. The van der Waals surface area contributed by atoms with E-state index in [1.165, 1.54) is 11.8 Å². The van der Waals surface area contributed by atoms with Crippen LogP contribution in [0.1, 0.15) is 24.2 Å². The first-order chi connectivity index (χ1) is 11.5. The Bertz CT molecular complexity index is 790. The number of carbonyl (C=O) groups is 2. The number of thioether (sulfide) groups is 1. The van der Waals surface area contributed by atoms with Crippen LogP contribution in [0.25, 0.3) is 5.78 Å². The van der Waals surface area contributed by atoms with Gasteiger partial charge in [-0.1, -0.05) is 11.8 Å². The molecule has 2 aromatic rings. The molecule has 8 nitrogen and oxygen atoms in total. The van der Waals surface area contributed by atoms with Crippen molar-refractivity contribution in [2.24, 2.45) is 11.7 Å². The minimum Gasteiger partial charge on any atom is -0.369 e. The largest absolute Gasteiger partial charge is 0.369 e. The lowest BCUT2D eigenvalue weighted by Gasteiger charge is -2.31. The molecule has 9 heteroatoms. The first-order valence-electron chi connectivity index (χ1n) is 7.85. The summed E-state index contributed by atoms with van der Waals surface area (Å²) in [5.41, 5.74) is 7.22. The Morgan fingerprint density at radius 2 is 2.17 bits per heavy atom. The molecule has 2 aromatic heterocycles. The molecule has 3 rings (SSSR count). The van der Waals surface area contributed by atoms with Crippen LogP contribution < -0.4 is 5.73 Å². The van der Waals surface area contributed by atoms with Gasteiger partial charge >= 0.3 is 0 Å². The molecule has 0 unspecified atom stereocenters. The van der Waals surface area contributed by atoms with E-state index in [-0.39, 0.29) is 23.5 Å². The molecule has 1 fully saturated rings. The molecule has 1 saturated heterocycles. The van der Waals surface area contributed by atoms with E-state index in [9.17, 15) is 9.59 Å². The number of hydrogen-bond acceptors (Lipinski definition) is 6. The van der Waals surface area contributed by atoms with E-state index in [4.69, 9.17) is 5.73 Å². The summed E-state index contributed by atoms with van der Waals surface area (Å²) in [7, 11) is 0. The van der Waals surface area contributed by atoms with Crippen LogP contribution in [-0.4, -0.2) is 55.1 Å². The number of likely N-dealkylation sites (tertiary alicyclic amines) is 1. The zero-order valence-corrected chi connectivity index (χ0v) is 14.5. The van der Waals surface area contributed by atoms with Crippen molar-refractivity contribution in [1.29, 1.82) is 0 Å². The molecule has 128 valence electrons. The van der Waals surface area contributed by atoms with Gasteiger partial charge in [0.25, 0.3) is 5.78 Å². The topological polar surface area (TPSA) is 106 Å². The Labute approximate surface area is 143 Å². The number of nitrogens with two attached hydrogens (primary N) is 1. The first kappa shape index (κ1) is 16.7. The molecule has 24 heavy (non-hydrogen) atoms. The molecular formula is C15H20N6O2S. The fourth-order valence-corrected chi connectivity index (χ4v) is 3.84. The quantitative estimate of drug-likeness (QED) is 0.809. The van der Waals surface area contributed by atoms with Gasteiger partial charge in [-0.15, -0.1) is 10.2 Å². The van der Waals surface area contributed by atoms with Gasteiger partial charge in [-0.05, 0) is 32.8 Å². The van der Waals surface area contributed by atoms with Crippen LogP contribution in [0, 0.1) is 19.8 Å². The summed E-state index contributed by atoms with van der Waals surface area (Å²) < 4.78 is 1.84. The highest BCUT2D eigenvalue weighted by atomic mass is 32.2. The predicted molar refractivity (Wildman–Crippen MR) is 89.5 cm³/mol. The van der Waals surface area contributed by atoms with Crippen molar-refractivity contribution in [3.05, 3.63) is 17.5 Å². The fourth-order valence-electron chi connectivity index (χ4n) is 2.95. The molecule has 0 radical (unpaired) electrons. The maximum atomic E-state index is 12.4. The van der Waals surface area contributed by atoms with Crippen LogP contribution in [0.4, 0.5) is 0 Å². The van der Waals surface area contributed by atoms with Crippen molar-refractivity contribution in [3.63, 3.8) is 0 Å². The van der Waals surface area contributed by atoms with E-state index in [1.54, 1.807) is 4.90 Å². The van der Waals surface area contributed by atoms with Crippen molar-refractivity contribution in [2.75, 3.05) is 18.8 Å². The number of hydrogen-bond donors (Lipinski definition) is 1. The molecule has 0 aromatic carbocycles. The molecule has 1 aliphatic heterocycles. The number of primary amides is 1. The molecule has 0 saturated carbocycles. The second-order valence-corrected chi connectivity index (χ2v) is 6.97. The van der Waals surface area contributed by atoms with Crippen LogP contribution in [0.5, 0.6) is 0 Å². The minimum atomic E-state index is -0.333. The van der Waals surface area contributed by atoms with Gasteiger partial charge in [-0.3, -0.25) is 14.0 Å². The van der Waals surface area contributed by atoms with E-state index in [2.05, 4.69) is 15.2 Å². The number of carbonyl (C=O) groups excluding carboxylic acids is 2. The molecule has 1 aliphatic rings. The Hall–Kier alpha value is -2.16. The van der Waals surface area contributed by atoms with E-state index in [1.807, 2.05) is 24.3 Å². The second-order valence-electron chi connectivity index (χ2n) is 6.03. The van der Waals surface area contributed by atoms with Gasteiger partial charge in [0.2, 0.25) is 11.8 Å². The van der Waals surface area contributed by atoms with E-state index >= 15 is 0 Å². The SMILES string of the molecule is Cc1cc(C)n2c(SCC(=O)N3CCC[C@H](C(N)=O)C3)nnc2n1. The highest BCUT2D eigenvalue weighted by molar-refractivity contribution is 7.99. The summed E-state index contributed by atoms with van der Waals surface area (Å²) in [6.45, 7) is 4.95. The van der Waals surface area contributed by atoms with Gasteiger partial charge in [-0.2, -0.15) is 0 Å². The summed E-state index contributed by atoms with van der Waals surface area (Å²) in [6, 6.07) is 1.95. The molecule has 2 N–H and O–H groups in total. The highest BCUT2D eigenvalue weighted by Crippen LogP contribution is 2.21. The highest BCUT2D eigenvalue weighted by Gasteiger charge is 2.27. The van der Waals surface area contributed by atoms with Crippen LogP contribution in [0.3, 0.4) is 0 Å². The lowest BCUT2D eigenvalue weighted by molar-refractivity contribution is -0.132. The Morgan fingerprint density at radius 1 is 1.38 bits per heavy atom. The zero-order chi connectivity index (χ0) is 17.3. The lowest BCUT2D eigenvalue weighted by atomic mass is 9.97.